The van der Waals surface area contributed by atoms with Crippen LogP contribution in [0.3, 0.4) is 0 Å². The lowest BCUT2D eigenvalue weighted by atomic mass is 9.77. The van der Waals surface area contributed by atoms with Gasteiger partial charge in [-0.1, -0.05) is 54.1 Å². The molecule has 44 heavy (non-hydrogen) atoms. The van der Waals surface area contributed by atoms with Gasteiger partial charge in [-0.3, -0.25) is 19.1 Å². The molecule has 0 spiro atoms. The second-order valence-electron chi connectivity index (χ2n) is 11.7. The first kappa shape index (κ1) is 30.2. The van der Waals surface area contributed by atoms with Gasteiger partial charge in [0, 0.05) is 60.7 Å². The van der Waals surface area contributed by atoms with Crippen molar-refractivity contribution in [2.45, 2.75) is 38.8 Å². The number of carbonyl (C=O) groups excluding carboxylic acids is 3. The number of rotatable bonds is 6. The minimum atomic E-state index is -0.934. The highest BCUT2D eigenvalue weighted by atomic mass is 35.5. The highest BCUT2D eigenvalue weighted by molar-refractivity contribution is 7.10. The number of likely N-dealkylation sites (tertiary alicyclic amines) is 1. The number of thiophene rings is 1. The smallest absolute Gasteiger partial charge is 0.255 e. The van der Waals surface area contributed by atoms with Crippen LogP contribution in [-0.2, 0) is 11.8 Å². The number of nitrogens with zero attached hydrogens (tertiary/aromatic N) is 4. The van der Waals surface area contributed by atoms with E-state index in [9.17, 15) is 9.59 Å². The van der Waals surface area contributed by atoms with E-state index < -0.39 is 23.9 Å². The van der Waals surface area contributed by atoms with Gasteiger partial charge < -0.3 is 15.1 Å². The lowest BCUT2D eigenvalue weighted by molar-refractivity contribution is -0.136. The van der Waals surface area contributed by atoms with Crippen LogP contribution in [0.4, 0.5) is 0 Å². The fraction of sp³-hybridized carbons (Fsp3) is 0.353. The van der Waals surface area contributed by atoms with Gasteiger partial charge in [-0.05, 0) is 55.5 Å². The number of benzene rings is 2. The molecule has 0 radical (unpaired) electrons. The number of hydrogen-bond acceptors (Lipinski definition) is 6. The van der Waals surface area contributed by atoms with E-state index in [1.54, 1.807) is 28.8 Å². The maximum atomic E-state index is 15.0. The number of piperazine rings is 1. The van der Waals surface area contributed by atoms with Crippen molar-refractivity contribution in [2.24, 2.45) is 13.0 Å². The summed E-state index contributed by atoms with van der Waals surface area (Å²) in [5, 5.41) is 10.3. The Hall–Kier alpha value is -3.79. The summed E-state index contributed by atoms with van der Waals surface area (Å²) in [5.74, 6) is -1.98. The number of ketones is 1. The summed E-state index contributed by atoms with van der Waals surface area (Å²) in [6.45, 7) is 8.14. The molecule has 4 heterocycles. The molecule has 2 fully saturated rings. The second kappa shape index (κ2) is 12.3. The standard InChI is InChI=1S/C34H36ClN5O3S/c1-20-10-8-9-13-24(20)30(41)26-27(31-21(2)14-19-44-31)29(34(43)39-17-15-36-16-18-39)40(33(42)23-11-6-5-7-12-23)28(26)25-22(3)37-38(4)32(25)35/h5-14,19,26-29,36H,15-18H2,1-4H3. The van der Waals surface area contributed by atoms with Crippen LogP contribution >= 0.6 is 22.9 Å². The fourth-order valence-corrected chi connectivity index (χ4v) is 8.30. The van der Waals surface area contributed by atoms with Gasteiger partial charge in [0.05, 0.1) is 17.7 Å². The molecular formula is C34H36ClN5O3S. The average Bonchev–Trinajstić information content (AvgIpc) is 3.69. The Bertz CT molecular complexity index is 1710. The Morgan fingerprint density at radius 3 is 2.23 bits per heavy atom. The number of Topliss-reactive ketones (excluding diaryl/α,β-unsaturated/α-hetero) is 1. The number of amides is 2. The Balaban J connectivity index is 1.66. The van der Waals surface area contributed by atoms with Gasteiger partial charge >= 0.3 is 0 Å². The Morgan fingerprint density at radius 2 is 1.61 bits per heavy atom. The predicted molar refractivity (Wildman–Crippen MR) is 172 cm³/mol. The SMILES string of the molecule is Cc1ccccc1C(=O)C1C(c2sccc2C)C(C(=O)N2CCNCC2)N(C(=O)c2ccccc2)C1c1c(C)nn(C)c1Cl. The zero-order valence-corrected chi connectivity index (χ0v) is 26.9. The Morgan fingerprint density at radius 1 is 0.932 bits per heavy atom. The van der Waals surface area contributed by atoms with Crippen LogP contribution in [0, 0.1) is 26.7 Å². The van der Waals surface area contributed by atoms with Gasteiger partial charge in [0.1, 0.15) is 11.2 Å². The van der Waals surface area contributed by atoms with E-state index in [1.165, 1.54) is 11.3 Å². The number of aryl methyl sites for hydroxylation is 4. The maximum absolute atomic E-state index is 15.0. The van der Waals surface area contributed by atoms with Crippen molar-refractivity contribution in [3.05, 3.63) is 110 Å². The van der Waals surface area contributed by atoms with E-state index in [0.29, 0.717) is 53.7 Å². The van der Waals surface area contributed by atoms with Gasteiger partial charge in [-0.25, -0.2) is 0 Å². The van der Waals surface area contributed by atoms with Crippen LogP contribution in [0.5, 0.6) is 0 Å². The third kappa shape index (κ3) is 5.16. The molecule has 0 saturated carbocycles. The summed E-state index contributed by atoms with van der Waals surface area (Å²) in [6.07, 6.45) is 0. The van der Waals surface area contributed by atoms with E-state index in [0.717, 1.165) is 16.0 Å². The van der Waals surface area contributed by atoms with Crippen LogP contribution < -0.4 is 5.32 Å². The predicted octanol–water partition coefficient (Wildman–Crippen LogP) is 5.34. The first-order valence-electron chi connectivity index (χ1n) is 14.9. The first-order valence-corrected chi connectivity index (χ1v) is 16.2. The zero-order valence-electron chi connectivity index (χ0n) is 25.3. The zero-order chi connectivity index (χ0) is 31.1. The lowest BCUT2D eigenvalue weighted by Crippen LogP contribution is -2.55. The topological polar surface area (TPSA) is 87.5 Å². The van der Waals surface area contributed by atoms with Gasteiger partial charge in [0.2, 0.25) is 5.91 Å². The van der Waals surface area contributed by atoms with Crippen LogP contribution in [0.25, 0.3) is 0 Å². The molecule has 2 saturated heterocycles. The summed E-state index contributed by atoms with van der Waals surface area (Å²) in [4.78, 5) is 49.1. The average molecular weight is 630 g/mol. The summed E-state index contributed by atoms with van der Waals surface area (Å²) < 4.78 is 1.57. The normalized spacial score (nSPS) is 21.9. The number of aromatic nitrogens is 2. The molecule has 6 rings (SSSR count). The molecule has 2 aliphatic rings. The molecule has 0 aliphatic carbocycles. The monoisotopic (exact) mass is 629 g/mol. The Kier molecular flexibility index (Phi) is 8.46. The van der Waals surface area contributed by atoms with Gasteiger partial charge in [-0.2, -0.15) is 5.10 Å². The van der Waals surface area contributed by atoms with Crippen molar-refractivity contribution in [3.63, 3.8) is 0 Å². The van der Waals surface area contributed by atoms with E-state index >= 15 is 4.79 Å². The van der Waals surface area contributed by atoms with Gasteiger partial charge in [0.15, 0.2) is 5.78 Å². The van der Waals surface area contributed by atoms with E-state index in [-0.39, 0.29) is 17.6 Å². The number of nitrogens with one attached hydrogen (secondary N) is 1. The number of hydrogen-bond donors (Lipinski definition) is 1. The van der Waals surface area contributed by atoms with Gasteiger partial charge in [0.25, 0.3) is 5.91 Å². The van der Waals surface area contributed by atoms with Crippen molar-refractivity contribution in [1.29, 1.82) is 0 Å². The van der Waals surface area contributed by atoms with Crippen molar-refractivity contribution >= 4 is 40.5 Å². The lowest BCUT2D eigenvalue weighted by Gasteiger charge is -2.36. The molecule has 0 bridgehead atoms. The summed E-state index contributed by atoms with van der Waals surface area (Å²) >= 11 is 8.52. The maximum Gasteiger partial charge on any atom is 0.255 e. The molecule has 2 amide bonds. The quantitative estimate of drug-likeness (QED) is 0.291. The Labute approximate surface area is 266 Å². The van der Waals surface area contributed by atoms with Crippen molar-refractivity contribution in [3.8, 4) is 0 Å². The molecule has 2 aliphatic heterocycles. The van der Waals surface area contributed by atoms with Crippen molar-refractivity contribution in [2.75, 3.05) is 26.2 Å². The molecule has 4 aromatic rings. The van der Waals surface area contributed by atoms with Crippen molar-refractivity contribution in [1.82, 2.24) is 24.9 Å². The molecule has 1 N–H and O–H groups in total. The van der Waals surface area contributed by atoms with E-state index in [4.69, 9.17) is 11.6 Å². The van der Waals surface area contributed by atoms with Crippen LogP contribution in [0.15, 0.2) is 66.0 Å². The number of halogens is 1. The molecule has 4 unspecified atom stereocenters. The molecule has 8 nitrogen and oxygen atoms in total. The molecular weight excluding hydrogens is 594 g/mol. The van der Waals surface area contributed by atoms with Crippen LogP contribution in [-0.4, -0.2) is 69.4 Å². The summed E-state index contributed by atoms with van der Waals surface area (Å²) in [5.41, 5.74) is 4.06. The third-order valence-corrected chi connectivity index (χ3v) is 10.6. The largest absolute Gasteiger partial charge is 0.338 e. The molecule has 2 aromatic carbocycles. The fourth-order valence-electron chi connectivity index (χ4n) is 6.91. The van der Waals surface area contributed by atoms with Gasteiger partial charge in [-0.15, -0.1) is 11.3 Å². The first-order chi connectivity index (χ1) is 21.2. The number of carbonyl (C=O) groups is 3. The van der Waals surface area contributed by atoms with Crippen molar-refractivity contribution < 1.29 is 14.4 Å². The molecule has 4 atom stereocenters. The molecule has 10 heteroatoms. The highest BCUT2D eigenvalue weighted by Crippen LogP contribution is 2.55. The minimum absolute atomic E-state index is 0.119. The van der Waals surface area contributed by atoms with E-state index in [1.807, 2.05) is 79.6 Å². The van der Waals surface area contributed by atoms with E-state index in [2.05, 4.69) is 10.4 Å². The van der Waals surface area contributed by atoms with Crippen LogP contribution in [0.1, 0.15) is 59.9 Å². The molecule has 2 aromatic heterocycles. The summed E-state index contributed by atoms with van der Waals surface area (Å²) in [6, 6.07) is 16.7. The minimum Gasteiger partial charge on any atom is -0.338 e. The highest BCUT2D eigenvalue weighted by Gasteiger charge is 2.60. The third-order valence-electron chi connectivity index (χ3n) is 9.01. The molecule has 228 valence electrons. The van der Waals surface area contributed by atoms with Crippen LogP contribution in [0.2, 0.25) is 5.15 Å². The summed E-state index contributed by atoms with van der Waals surface area (Å²) in [7, 11) is 1.75. The second-order valence-corrected chi connectivity index (χ2v) is 13.0.